The molecule has 1 N–H and O–H groups in total. The van der Waals surface area contributed by atoms with E-state index in [4.69, 9.17) is 0 Å². The van der Waals surface area contributed by atoms with E-state index in [-0.39, 0.29) is 0 Å². The van der Waals surface area contributed by atoms with Gasteiger partial charge in [0.2, 0.25) is 0 Å². The minimum Gasteiger partial charge on any atom is -0.314 e. The Morgan fingerprint density at radius 1 is 1.50 bits per heavy atom. The SMILES string of the molecule is Brc1ccsc1C1CC1CNC1CC1. The number of nitrogens with one attached hydrogen (secondary N) is 1. The van der Waals surface area contributed by atoms with Gasteiger partial charge in [0.15, 0.2) is 0 Å². The predicted octanol–water partition coefficient (Wildman–Crippen LogP) is 3.37. The van der Waals surface area contributed by atoms with Crippen LogP contribution in [0, 0.1) is 5.92 Å². The van der Waals surface area contributed by atoms with Gasteiger partial charge in [-0.1, -0.05) is 0 Å². The highest BCUT2D eigenvalue weighted by atomic mass is 79.9. The Balaban J connectivity index is 1.54. The average Bonchev–Trinajstić information content (AvgIpc) is 3.07. The van der Waals surface area contributed by atoms with Crippen LogP contribution in [-0.2, 0) is 0 Å². The Bertz CT molecular complexity index is 332. The molecule has 0 spiro atoms. The summed E-state index contributed by atoms with van der Waals surface area (Å²) in [7, 11) is 0. The van der Waals surface area contributed by atoms with E-state index in [1.165, 1.54) is 30.3 Å². The normalized spacial score (nSPS) is 30.6. The van der Waals surface area contributed by atoms with Gasteiger partial charge in [0.1, 0.15) is 0 Å². The van der Waals surface area contributed by atoms with Crippen LogP contribution in [0.3, 0.4) is 0 Å². The molecule has 1 aromatic rings. The average molecular weight is 272 g/mol. The molecule has 0 aliphatic heterocycles. The van der Waals surface area contributed by atoms with E-state index in [0.717, 1.165) is 17.9 Å². The Hall–Kier alpha value is 0.140. The number of thiophene rings is 1. The van der Waals surface area contributed by atoms with Gasteiger partial charge in [-0.25, -0.2) is 0 Å². The van der Waals surface area contributed by atoms with Crippen LogP contribution in [0.2, 0.25) is 0 Å². The van der Waals surface area contributed by atoms with Gasteiger partial charge in [0, 0.05) is 15.4 Å². The summed E-state index contributed by atoms with van der Waals surface area (Å²) < 4.78 is 1.32. The number of hydrogen-bond acceptors (Lipinski definition) is 2. The zero-order chi connectivity index (χ0) is 9.54. The molecule has 0 saturated heterocycles. The van der Waals surface area contributed by atoms with Crippen LogP contribution in [-0.4, -0.2) is 12.6 Å². The maximum absolute atomic E-state index is 3.62. The van der Waals surface area contributed by atoms with Gasteiger partial charge in [-0.3, -0.25) is 0 Å². The predicted molar refractivity (Wildman–Crippen MR) is 63.9 cm³/mol. The Labute approximate surface area is 97.0 Å². The molecule has 1 heterocycles. The molecule has 2 unspecified atom stereocenters. The standard InChI is InChI=1S/C11H14BrNS/c12-10-3-4-14-11(10)9-5-7(9)6-13-8-1-2-8/h3-4,7-9,13H,1-2,5-6H2. The van der Waals surface area contributed by atoms with Crippen LogP contribution >= 0.6 is 27.3 Å². The molecule has 0 aromatic carbocycles. The first-order valence-electron chi connectivity index (χ1n) is 5.31. The van der Waals surface area contributed by atoms with Crippen LogP contribution in [0.15, 0.2) is 15.9 Å². The fourth-order valence-corrected chi connectivity index (χ4v) is 3.85. The summed E-state index contributed by atoms with van der Waals surface area (Å²) in [6.45, 7) is 1.24. The molecule has 1 nitrogen and oxygen atoms in total. The maximum atomic E-state index is 3.62. The second-order valence-corrected chi connectivity index (χ2v) is 6.22. The van der Waals surface area contributed by atoms with E-state index < -0.39 is 0 Å². The highest BCUT2D eigenvalue weighted by Crippen LogP contribution is 2.51. The highest BCUT2D eigenvalue weighted by Gasteiger charge is 2.40. The van der Waals surface area contributed by atoms with Crippen molar-refractivity contribution in [2.45, 2.75) is 31.2 Å². The van der Waals surface area contributed by atoms with Crippen molar-refractivity contribution in [1.29, 1.82) is 0 Å². The smallest absolute Gasteiger partial charge is 0.0317 e. The second kappa shape index (κ2) is 3.62. The van der Waals surface area contributed by atoms with Crippen molar-refractivity contribution in [3.8, 4) is 0 Å². The lowest BCUT2D eigenvalue weighted by atomic mass is 10.2. The van der Waals surface area contributed by atoms with Crippen molar-refractivity contribution in [2.24, 2.45) is 5.92 Å². The molecule has 14 heavy (non-hydrogen) atoms. The molecule has 2 atom stereocenters. The van der Waals surface area contributed by atoms with Crippen LogP contribution in [0.1, 0.15) is 30.1 Å². The zero-order valence-electron chi connectivity index (χ0n) is 8.00. The summed E-state index contributed by atoms with van der Waals surface area (Å²) >= 11 is 5.52. The molecular weight excluding hydrogens is 258 g/mol. The van der Waals surface area contributed by atoms with Gasteiger partial charge in [-0.15, -0.1) is 11.3 Å². The van der Waals surface area contributed by atoms with Crippen molar-refractivity contribution in [2.75, 3.05) is 6.54 Å². The molecule has 2 aliphatic rings. The fourth-order valence-electron chi connectivity index (χ4n) is 1.97. The summed E-state index contributed by atoms with van der Waals surface area (Å²) in [5, 5.41) is 5.80. The Morgan fingerprint density at radius 2 is 2.36 bits per heavy atom. The van der Waals surface area contributed by atoms with E-state index in [0.29, 0.717) is 0 Å². The third-order valence-corrected chi connectivity index (χ3v) is 5.15. The first-order chi connectivity index (χ1) is 6.84. The number of rotatable bonds is 4. The topological polar surface area (TPSA) is 12.0 Å². The summed E-state index contributed by atoms with van der Waals surface area (Å²) in [5.74, 6) is 1.75. The molecular formula is C11H14BrNS. The molecule has 2 aliphatic carbocycles. The molecule has 0 radical (unpaired) electrons. The first kappa shape index (κ1) is 9.37. The lowest BCUT2D eigenvalue weighted by molar-refractivity contribution is 0.625. The maximum Gasteiger partial charge on any atom is 0.0317 e. The van der Waals surface area contributed by atoms with Crippen LogP contribution < -0.4 is 5.32 Å². The van der Waals surface area contributed by atoms with Gasteiger partial charge in [0.05, 0.1) is 0 Å². The highest BCUT2D eigenvalue weighted by molar-refractivity contribution is 9.10. The monoisotopic (exact) mass is 271 g/mol. The molecule has 3 rings (SSSR count). The van der Waals surface area contributed by atoms with E-state index in [9.17, 15) is 0 Å². The summed E-state index contributed by atoms with van der Waals surface area (Å²) in [5.41, 5.74) is 0. The summed E-state index contributed by atoms with van der Waals surface area (Å²) in [4.78, 5) is 1.56. The van der Waals surface area contributed by atoms with Crippen LogP contribution in [0.4, 0.5) is 0 Å². The van der Waals surface area contributed by atoms with E-state index in [1.807, 2.05) is 11.3 Å². The third kappa shape index (κ3) is 1.90. The quantitative estimate of drug-likeness (QED) is 0.886. The molecule has 0 amide bonds. The first-order valence-corrected chi connectivity index (χ1v) is 6.98. The van der Waals surface area contributed by atoms with Crippen molar-refractivity contribution in [3.05, 3.63) is 20.8 Å². The third-order valence-electron chi connectivity index (χ3n) is 3.15. The molecule has 2 saturated carbocycles. The fraction of sp³-hybridized carbons (Fsp3) is 0.636. The Kier molecular flexibility index (Phi) is 2.42. The van der Waals surface area contributed by atoms with Gasteiger partial charge >= 0.3 is 0 Å². The van der Waals surface area contributed by atoms with E-state index >= 15 is 0 Å². The Morgan fingerprint density at radius 3 is 3.00 bits per heavy atom. The van der Waals surface area contributed by atoms with Crippen LogP contribution in [0.5, 0.6) is 0 Å². The van der Waals surface area contributed by atoms with Crippen molar-refractivity contribution in [1.82, 2.24) is 5.32 Å². The zero-order valence-corrected chi connectivity index (χ0v) is 10.4. The summed E-state index contributed by atoms with van der Waals surface area (Å²) in [6.07, 6.45) is 4.19. The lowest BCUT2D eigenvalue weighted by Crippen LogP contribution is -2.19. The minimum atomic E-state index is 0.843. The minimum absolute atomic E-state index is 0.843. The van der Waals surface area contributed by atoms with Crippen LogP contribution in [0.25, 0.3) is 0 Å². The number of hydrogen-bond donors (Lipinski definition) is 1. The second-order valence-electron chi connectivity index (χ2n) is 4.42. The van der Waals surface area contributed by atoms with E-state index in [2.05, 4.69) is 32.7 Å². The van der Waals surface area contributed by atoms with Crippen molar-refractivity contribution in [3.63, 3.8) is 0 Å². The largest absolute Gasteiger partial charge is 0.314 e. The van der Waals surface area contributed by atoms with Gasteiger partial charge in [0.25, 0.3) is 0 Å². The molecule has 0 bridgehead atoms. The van der Waals surface area contributed by atoms with Gasteiger partial charge in [-0.2, -0.15) is 0 Å². The molecule has 3 heteroatoms. The summed E-state index contributed by atoms with van der Waals surface area (Å²) in [6, 6.07) is 3.03. The van der Waals surface area contributed by atoms with Gasteiger partial charge in [-0.05, 0) is 65.0 Å². The molecule has 76 valence electrons. The van der Waals surface area contributed by atoms with E-state index in [1.54, 1.807) is 4.88 Å². The lowest BCUT2D eigenvalue weighted by Gasteiger charge is -2.00. The van der Waals surface area contributed by atoms with Crippen molar-refractivity contribution >= 4 is 27.3 Å². The molecule has 1 aromatic heterocycles. The van der Waals surface area contributed by atoms with Crippen molar-refractivity contribution < 1.29 is 0 Å². The number of halogens is 1. The molecule has 2 fully saturated rings. The van der Waals surface area contributed by atoms with Gasteiger partial charge < -0.3 is 5.32 Å².